The van der Waals surface area contributed by atoms with Crippen molar-refractivity contribution in [3.8, 4) is 0 Å². The van der Waals surface area contributed by atoms with Gasteiger partial charge in [0.25, 0.3) is 0 Å². The lowest BCUT2D eigenvalue weighted by Crippen LogP contribution is -2.24. The molecule has 0 unspecified atom stereocenters. The van der Waals surface area contributed by atoms with Crippen molar-refractivity contribution in [2.24, 2.45) is 4.99 Å². The first-order valence-corrected chi connectivity index (χ1v) is 7.40. The molecule has 0 aromatic heterocycles. The van der Waals surface area contributed by atoms with Gasteiger partial charge in [-0.2, -0.15) is 0 Å². The number of benzene rings is 2. The maximum absolute atomic E-state index is 4.36. The first-order valence-electron chi connectivity index (χ1n) is 7.40. The van der Waals surface area contributed by atoms with E-state index in [1.54, 1.807) is 0 Å². The smallest absolute Gasteiger partial charge is 0.0443 e. The van der Waals surface area contributed by atoms with Crippen LogP contribution < -0.4 is 4.90 Å². The van der Waals surface area contributed by atoms with E-state index >= 15 is 0 Å². The largest absolute Gasteiger partial charge is 0.341 e. The maximum atomic E-state index is 4.36. The molecule has 0 atom stereocenters. The summed E-state index contributed by atoms with van der Waals surface area (Å²) in [5.41, 5.74) is 6.89. The van der Waals surface area contributed by atoms with E-state index in [-0.39, 0.29) is 0 Å². The van der Waals surface area contributed by atoms with E-state index in [0.717, 1.165) is 19.5 Å². The molecular formula is C18H18N2. The van der Waals surface area contributed by atoms with E-state index in [1.807, 2.05) is 6.21 Å². The Morgan fingerprint density at radius 1 is 0.950 bits per heavy atom. The van der Waals surface area contributed by atoms with Crippen LogP contribution in [0, 0.1) is 0 Å². The van der Waals surface area contributed by atoms with E-state index < -0.39 is 0 Å². The zero-order chi connectivity index (χ0) is 13.4. The predicted octanol–water partition coefficient (Wildman–Crippen LogP) is 3.75. The Balaban J connectivity index is 1.77. The molecule has 4 rings (SSSR count). The zero-order valence-corrected chi connectivity index (χ0v) is 11.5. The Bertz CT molecular complexity index is 673. The molecule has 2 aliphatic heterocycles. The highest BCUT2D eigenvalue weighted by molar-refractivity contribution is 5.84. The van der Waals surface area contributed by atoms with Gasteiger partial charge in [-0.25, -0.2) is 0 Å². The number of nitrogens with zero attached hydrogens (tertiary/aromatic N) is 2. The van der Waals surface area contributed by atoms with Crippen LogP contribution in [0.2, 0.25) is 0 Å². The highest BCUT2D eigenvalue weighted by atomic mass is 15.1. The van der Waals surface area contributed by atoms with Gasteiger partial charge in [0, 0.05) is 30.7 Å². The first-order chi connectivity index (χ1) is 9.92. The summed E-state index contributed by atoms with van der Waals surface area (Å²) >= 11 is 0. The Labute approximate surface area is 119 Å². The van der Waals surface area contributed by atoms with Gasteiger partial charge < -0.3 is 4.90 Å². The van der Waals surface area contributed by atoms with Crippen LogP contribution in [-0.4, -0.2) is 19.3 Å². The summed E-state index contributed by atoms with van der Waals surface area (Å²) in [7, 11) is 0. The van der Waals surface area contributed by atoms with Crippen LogP contribution in [0.25, 0.3) is 0 Å². The lowest BCUT2D eigenvalue weighted by molar-refractivity contribution is 0.766. The standard InChI is InChI=1S/C18H18N2/c1-2-6-18-14(4-1)5-3-11-20(18)17-8-7-16-13-19-10-9-15(16)12-17/h1-2,4,6-8,12-13H,3,5,9-11H2. The lowest BCUT2D eigenvalue weighted by Gasteiger charge is -2.32. The molecule has 2 heteroatoms. The second-order valence-corrected chi connectivity index (χ2v) is 5.55. The maximum Gasteiger partial charge on any atom is 0.0443 e. The summed E-state index contributed by atoms with van der Waals surface area (Å²) in [5.74, 6) is 0. The van der Waals surface area contributed by atoms with Crippen molar-refractivity contribution >= 4 is 17.6 Å². The number of rotatable bonds is 1. The second kappa shape index (κ2) is 4.78. The summed E-state index contributed by atoms with van der Waals surface area (Å²) in [4.78, 5) is 6.82. The van der Waals surface area contributed by atoms with E-state index in [4.69, 9.17) is 0 Å². The molecule has 2 aromatic rings. The molecule has 2 nitrogen and oxygen atoms in total. The highest BCUT2D eigenvalue weighted by Gasteiger charge is 2.18. The van der Waals surface area contributed by atoms with Crippen molar-refractivity contribution in [2.75, 3.05) is 18.0 Å². The SMILES string of the molecule is C1=NCCc2cc(N3CCCc4ccccc43)ccc21. The normalized spacial score (nSPS) is 16.7. The van der Waals surface area contributed by atoms with Gasteiger partial charge in [-0.1, -0.05) is 24.3 Å². The third-order valence-electron chi connectivity index (χ3n) is 4.29. The van der Waals surface area contributed by atoms with E-state index in [1.165, 1.54) is 40.9 Å². The monoisotopic (exact) mass is 262 g/mol. The van der Waals surface area contributed by atoms with Crippen molar-refractivity contribution in [1.82, 2.24) is 0 Å². The number of para-hydroxylation sites is 1. The topological polar surface area (TPSA) is 15.6 Å². The van der Waals surface area contributed by atoms with Gasteiger partial charge in [0.15, 0.2) is 0 Å². The minimum absolute atomic E-state index is 0.924. The van der Waals surface area contributed by atoms with Crippen molar-refractivity contribution in [2.45, 2.75) is 19.3 Å². The summed E-state index contributed by atoms with van der Waals surface area (Å²) in [6.07, 6.45) is 5.50. The third kappa shape index (κ3) is 1.92. The van der Waals surface area contributed by atoms with Crippen LogP contribution >= 0.6 is 0 Å². The van der Waals surface area contributed by atoms with Gasteiger partial charge in [0.05, 0.1) is 0 Å². The van der Waals surface area contributed by atoms with Crippen molar-refractivity contribution < 1.29 is 0 Å². The molecule has 0 saturated heterocycles. The van der Waals surface area contributed by atoms with Gasteiger partial charge in [0.1, 0.15) is 0 Å². The molecule has 0 bridgehead atoms. The van der Waals surface area contributed by atoms with Gasteiger partial charge in [-0.15, -0.1) is 0 Å². The average molecular weight is 262 g/mol. The Hall–Kier alpha value is -2.09. The zero-order valence-electron chi connectivity index (χ0n) is 11.5. The van der Waals surface area contributed by atoms with Crippen LogP contribution in [0.1, 0.15) is 23.1 Å². The van der Waals surface area contributed by atoms with E-state index in [9.17, 15) is 0 Å². The van der Waals surface area contributed by atoms with Crippen LogP contribution in [0.4, 0.5) is 11.4 Å². The van der Waals surface area contributed by atoms with Gasteiger partial charge >= 0.3 is 0 Å². The molecule has 20 heavy (non-hydrogen) atoms. The molecule has 100 valence electrons. The van der Waals surface area contributed by atoms with Gasteiger partial charge in [0.2, 0.25) is 0 Å². The average Bonchev–Trinajstić information content (AvgIpc) is 2.54. The molecule has 0 radical (unpaired) electrons. The molecule has 0 aliphatic carbocycles. The van der Waals surface area contributed by atoms with E-state index in [0.29, 0.717) is 0 Å². The number of aryl methyl sites for hydroxylation is 1. The molecule has 2 aliphatic rings. The second-order valence-electron chi connectivity index (χ2n) is 5.55. The number of anilines is 2. The molecule has 0 spiro atoms. The Kier molecular flexibility index (Phi) is 2.80. The highest BCUT2D eigenvalue weighted by Crippen LogP contribution is 2.34. The van der Waals surface area contributed by atoms with E-state index in [2.05, 4.69) is 52.4 Å². The summed E-state index contributed by atoms with van der Waals surface area (Å²) in [6.45, 7) is 2.04. The minimum atomic E-state index is 0.924. The summed E-state index contributed by atoms with van der Waals surface area (Å²) < 4.78 is 0. The fourth-order valence-corrected chi connectivity index (χ4v) is 3.25. The molecule has 0 saturated carbocycles. The number of fused-ring (bicyclic) bond motifs is 2. The fourth-order valence-electron chi connectivity index (χ4n) is 3.25. The van der Waals surface area contributed by atoms with Crippen LogP contribution in [0.3, 0.4) is 0 Å². The van der Waals surface area contributed by atoms with Crippen LogP contribution in [0.5, 0.6) is 0 Å². The predicted molar refractivity (Wildman–Crippen MR) is 84.4 cm³/mol. The third-order valence-corrected chi connectivity index (χ3v) is 4.29. The van der Waals surface area contributed by atoms with Crippen molar-refractivity contribution in [3.63, 3.8) is 0 Å². The lowest BCUT2D eigenvalue weighted by atomic mass is 9.98. The molecule has 0 fully saturated rings. The Morgan fingerprint density at radius 3 is 2.90 bits per heavy atom. The van der Waals surface area contributed by atoms with Crippen molar-refractivity contribution in [1.29, 1.82) is 0 Å². The fraction of sp³-hybridized carbons (Fsp3) is 0.278. The van der Waals surface area contributed by atoms with Gasteiger partial charge in [-0.05, 0) is 54.2 Å². The molecular weight excluding hydrogens is 244 g/mol. The quantitative estimate of drug-likeness (QED) is 0.764. The molecule has 0 N–H and O–H groups in total. The first kappa shape index (κ1) is 11.7. The Morgan fingerprint density at radius 2 is 1.90 bits per heavy atom. The van der Waals surface area contributed by atoms with Gasteiger partial charge in [-0.3, -0.25) is 4.99 Å². The van der Waals surface area contributed by atoms with Crippen molar-refractivity contribution in [3.05, 3.63) is 59.2 Å². The summed E-state index contributed by atoms with van der Waals surface area (Å²) in [5, 5.41) is 0. The number of hydrogen-bond donors (Lipinski definition) is 0. The molecule has 0 amide bonds. The van der Waals surface area contributed by atoms with Crippen LogP contribution in [-0.2, 0) is 12.8 Å². The number of aliphatic imine (C=N–C) groups is 1. The summed E-state index contributed by atoms with van der Waals surface area (Å²) in [6, 6.07) is 15.6. The minimum Gasteiger partial charge on any atom is -0.341 e. The number of hydrogen-bond acceptors (Lipinski definition) is 2. The molecule has 2 aromatic carbocycles. The molecule has 2 heterocycles. The van der Waals surface area contributed by atoms with Crippen LogP contribution in [0.15, 0.2) is 47.5 Å².